The Morgan fingerprint density at radius 2 is 1.68 bits per heavy atom. The second-order valence-electron chi connectivity index (χ2n) is 7.24. The van der Waals surface area contributed by atoms with Crippen LogP contribution in [0.2, 0.25) is 0 Å². The lowest BCUT2D eigenvalue weighted by Crippen LogP contribution is -2.40. The number of hydrogen-bond donors (Lipinski definition) is 2. The van der Waals surface area contributed by atoms with Crippen molar-refractivity contribution in [2.75, 3.05) is 5.32 Å². The van der Waals surface area contributed by atoms with E-state index in [-0.39, 0.29) is 24.4 Å². The van der Waals surface area contributed by atoms with Crippen LogP contribution in [0.3, 0.4) is 0 Å². The minimum Gasteiger partial charge on any atom is -0.367 e. The molecule has 0 spiro atoms. The number of para-hydroxylation sites is 1. The van der Waals surface area contributed by atoms with Gasteiger partial charge < -0.3 is 10.6 Å². The molecule has 0 atom stereocenters. The molecule has 0 radical (unpaired) electrons. The smallest absolute Gasteiger partial charge is 0.251 e. The van der Waals surface area contributed by atoms with Crippen molar-refractivity contribution in [3.8, 4) is 0 Å². The number of halogens is 1. The number of benzene rings is 1. The van der Waals surface area contributed by atoms with E-state index in [0.29, 0.717) is 11.6 Å². The first-order valence-electron chi connectivity index (χ1n) is 9.53. The summed E-state index contributed by atoms with van der Waals surface area (Å²) in [6.45, 7) is 2.13. The van der Waals surface area contributed by atoms with Gasteiger partial charge in [-0.3, -0.25) is 9.78 Å². The van der Waals surface area contributed by atoms with Crippen LogP contribution in [0.4, 0.5) is 5.82 Å². The van der Waals surface area contributed by atoms with E-state index in [1.807, 2.05) is 12.1 Å². The molecule has 0 saturated heterocycles. The van der Waals surface area contributed by atoms with Crippen LogP contribution in [0, 0.1) is 6.92 Å². The van der Waals surface area contributed by atoms with E-state index in [0.717, 1.165) is 37.0 Å². The van der Waals surface area contributed by atoms with Crippen molar-refractivity contribution in [1.82, 2.24) is 15.3 Å². The number of fused-ring (bicyclic) bond motifs is 1. The highest BCUT2D eigenvalue weighted by molar-refractivity contribution is 5.94. The Balaban J connectivity index is 0.00000225. The van der Waals surface area contributed by atoms with Gasteiger partial charge in [-0.15, -0.1) is 12.4 Å². The maximum absolute atomic E-state index is 12.3. The highest BCUT2D eigenvalue weighted by atomic mass is 35.5. The second-order valence-corrected chi connectivity index (χ2v) is 7.24. The summed E-state index contributed by atoms with van der Waals surface area (Å²) in [5.74, 6) is 0.927. The van der Waals surface area contributed by atoms with Crippen molar-refractivity contribution in [3.05, 3.63) is 66.0 Å². The Labute approximate surface area is 171 Å². The van der Waals surface area contributed by atoms with Gasteiger partial charge >= 0.3 is 0 Å². The van der Waals surface area contributed by atoms with Crippen molar-refractivity contribution in [2.24, 2.45) is 0 Å². The predicted molar refractivity (Wildman–Crippen MR) is 115 cm³/mol. The highest BCUT2D eigenvalue weighted by Gasteiger charge is 2.23. The fourth-order valence-electron chi connectivity index (χ4n) is 3.79. The number of rotatable bonds is 4. The molecule has 1 aliphatic rings. The second kappa shape index (κ2) is 9.02. The summed E-state index contributed by atoms with van der Waals surface area (Å²) in [4.78, 5) is 21.0. The van der Waals surface area contributed by atoms with E-state index >= 15 is 0 Å². The molecule has 5 nitrogen and oxygen atoms in total. The molecule has 0 aliphatic heterocycles. The highest BCUT2D eigenvalue weighted by Crippen LogP contribution is 2.25. The Bertz CT molecular complexity index is 940. The minimum absolute atomic E-state index is 0. The quantitative estimate of drug-likeness (QED) is 0.680. The van der Waals surface area contributed by atoms with Gasteiger partial charge in [0.2, 0.25) is 0 Å². The number of carbonyl (C=O) groups is 1. The molecule has 146 valence electrons. The summed E-state index contributed by atoms with van der Waals surface area (Å²) < 4.78 is 0. The number of hydrogen-bond acceptors (Lipinski definition) is 4. The van der Waals surface area contributed by atoms with Gasteiger partial charge in [-0.05, 0) is 62.4 Å². The number of nitrogens with zero attached hydrogens (tertiary/aromatic N) is 2. The topological polar surface area (TPSA) is 66.9 Å². The van der Waals surface area contributed by atoms with Gasteiger partial charge in [-0.25, -0.2) is 4.98 Å². The summed E-state index contributed by atoms with van der Waals surface area (Å²) in [6, 6.07) is 14.5. The molecular formula is C22H25ClN4O. The van der Waals surface area contributed by atoms with Crippen LogP contribution in [0.5, 0.6) is 0 Å². The number of aromatic nitrogens is 2. The Morgan fingerprint density at radius 1 is 1.00 bits per heavy atom. The number of aryl methyl sites for hydroxylation is 1. The summed E-state index contributed by atoms with van der Waals surface area (Å²) in [5.41, 5.74) is 2.93. The van der Waals surface area contributed by atoms with Crippen LogP contribution >= 0.6 is 12.4 Å². The van der Waals surface area contributed by atoms with Gasteiger partial charge in [0.15, 0.2) is 0 Å². The van der Waals surface area contributed by atoms with Gasteiger partial charge in [0.05, 0.1) is 5.52 Å². The first-order chi connectivity index (χ1) is 13.2. The Morgan fingerprint density at radius 3 is 2.43 bits per heavy atom. The first-order valence-corrected chi connectivity index (χ1v) is 9.53. The van der Waals surface area contributed by atoms with E-state index < -0.39 is 0 Å². The third-order valence-corrected chi connectivity index (χ3v) is 5.28. The average Bonchev–Trinajstić information content (AvgIpc) is 2.70. The molecule has 1 fully saturated rings. The van der Waals surface area contributed by atoms with Crippen molar-refractivity contribution in [3.63, 3.8) is 0 Å². The fourth-order valence-corrected chi connectivity index (χ4v) is 3.79. The molecule has 3 aromatic rings. The maximum atomic E-state index is 12.3. The summed E-state index contributed by atoms with van der Waals surface area (Å²) >= 11 is 0. The molecule has 0 unspecified atom stereocenters. The van der Waals surface area contributed by atoms with Crippen LogP contribution in [0.1, 0.15) is 41.6 Å². The molecule has 2 aromatic heterocycles. The Hall–Kier alpha value is -2.66. The normalized spacial score (nSPS) is 18.9. The molecule has 1 aliphatic carbocycles. The van der Waals surface area contributed by atoms with Gasteiger partial charge in [0.1, 0.15) is 5.82 Å². The lowest BCUT2D eigenvalue weighted by Gasteiger charge is -2.30. The molecule has 1 amide bonds. The third kappa shape index (κ3) is 4.60. The lowest BCUT2D eigenvalue weighted by atomic mass is 9.91. The first kappa shape index (κ1) is 20.1. The van der Waals surface area contributed by atoms with E-state index in [1.54, 1.807) is 24.5 Å². The Kier molecular flexibility index (Phi) is 6.47. The number of amides is 1. The zero-order valence-corrected chi connectivity index (χ0v) is 16.7. The van der Waals surface area contributed by atoms with Crippen molar-refractivity contribution in [1.29, 1.82) is 0 Å². The maximum Gasteiger partial charge on any atom is 0.251 e. The lowest BCUT2D eigenvalue weighted by molar-refractivity contribution is 0.0926. The largest absolute Gasteiger partial charge is 0.367 e. The number of pyridine rings is 2. The van der Waals surface area contributed by atoms with Crippen LogP contribution in [-0.4, -0.2) is 28.0 Å². The van der Waals surface area contributed by atoms with E-state index in [2.05, 4.69) is 40.7 Å². The van der Waals surface area contributed by atoms with Crippen LogP contribution in [0.25, 0.3) is 10.9 Å². The average molecular weight is 397 g/mol. The van der Waals surface area contributed by atoms with E-state index in [1.165, 1.54) is 10.9 Å². The number of anilines is 1. The molecule has 4 rings (SSSR count). The molecule has 2 heterocycles. The SMILES string of the molecule is Cc1cc(NC2CCC(NC(=O)c3ccncc3)CC2)nc2ccccc12.Cl. The van der Waals surface area contributed by atoms with Crippen LogP contribution < -0.4 is 10.6 Å². The van der Waals surface area contributed by atoms with Gasteiger partial charge in [0.25, 0.3) is 5.91 Å². The number of carbonyl (C=O) groups excluding carboxylic acids is 1. The predicted octanol–water partition coefficient (Wildman–Crippen LogP) is 4.51. The molecule has 2 N–H and O–H groups in total. The molecule has 6 heteroatoms. The molecule has 1 saturated carbocycles. The molecule has 1 aromatic carbocycles. The van der Waals surface area contributed by atoms with Gasteiger partial charge in [-0.2, -0.15) is 0 Å². The fraction of sp³-hybridized carbons (Fsp3) is 0.318. The number of nitrogens with one attached hydrogen (secondary N) is 2. The van der Waals surface area contributed by atoms with Crippen molar-refractivity contribution < 1.29 is 4.79 Å². The zero-order chi connectivity index (χ0) is 18.6. The monoisotopic (exact) mass is 396 g/mol. The van der Waals surface area contributed by atoms with Gasteiger partial charge in [0, 0.05) is 35.4 Å². The minimum atomic E-state index is -0.0133. The molecular weight excluding hydrogens is 372 g/mol. The summed E-state index contributed by atoms with van der Waals surface area (Å²) in [7, 11) is 0. The van der Waals surface area contributed by atoms with Crippen molar-refractivity contribution >= 4 is 35.0 Å². The zero-order valence-electron chi connectivity index (χ0n) is 15.9. The summed E-state index contributed by atoms with van der Waals surface area (Å²) in [5, 5.41) is 7.93. The summed E-state index contributed by atoms with van der Waals surface area (Å²) in [6.07, 6.45) is 7.29. The standard InChI is InChI=1S/C22H24N4O.ClH/c1-15-14-21(26-20-5-3-2-4-19(15)20)24-17-6-8-18(9-7-17)25-22(27)16-10-12-23-13-11-16;/h2-5,10-14,17-18H,6-9H2,1H3,(H,24,26)(H,25,27);1H. The van der Waals surface area contributed by atoms with Crippen LogP contribution in [-0.2, 0) is 0 Å². The molecule has 28 heavy (non-hydrogen) atoms. The van der Waals surface area contributed by atoms with Gasteiger partial charge in [-0.1, -0.05) is 18.2 Å². The van der Waals surface area contributed by atoms with E-state index in [9.17, 15) is 4.79 Å². The van der Waals surface area contributed by atoms with E-state index in [4.69, 9.17) is 4.98 Å². The third-order valence-electron chi connectivity index (χ3n) is 5.28. The molecule has 0 bridgehead atoms. The van der Waals surface area contributed by atoms with Crippen LogP contribution in [0.15, 0.2) is 54.9 Å². The van der Waals surface area contributed by atoms with Crippen molar-refractivity contribution in [2.45, 2.75) is 44.7 Å².